The summed E-state index contributed by atoms with van der Waals surface area (Å²) in [6.07, 6.45) is 6.10. The van der Waals surface area contributed by atoms with E-state index in [1.807, 2.05) is 30.5 Å². The topological polar surface area (TPSA) is 58.1 Å². The second-order valence-electron chi connectivity index (χ2n) is 5.54. The molecule has 22 heavy (non-hydrogen) atoms. The first kappa shape index (κ1) is 16.1. The molecular formula is C17H22N4O. The molecule has 0 saturated carbocycles. The van der Waals surface area contributed by atoms with Gasteiger partial charge in [-0.15, -0.1) is 0 Å². The first-order chi connectivity index (χ1) is 10.5. The van der Waals surface area contributed by atoms with Crippen molar-refractivity contribution in [3.05, 3.63) is 54.1 Å². The van der Waals surface area contributed by atoms with Gasteiger partial charge >= 0.3 is 0 Å². The van der Waals surface area contributed by atoms with E-state index in [9.17, 15) is 4.79 Å². The van der Waals surface area contributed by atoms with Gasteiger partial charge in [0.1, 0.15) is 0 Å². The number of likely N-dealkylation sites (N-methyl/N-ethyl adjacent to an activating group) is 1. The van der Waals surface area contributed by atoms with E-state index >= 15 is 0 Å². The Morgan fingerprint density at radius 2 is 2.00 bits per heavy atom. The maximum Gasteiger partial charge on any atom is 0.221 e. The summed E-state index contributed by atoms with van der Waals surface area (Å²) in [5.41, 5.74) is 3.04. The van der Waals surface area contributed by atoms with Crippen LogP contribution >= 0.6 is 0 Å². The highest BCUT2D eigenvalue weighted by Gasteiger charge is 2.11. The number of anilines is 1. The molecule has 0 bridgehead atoms. The Labute approximate surface area is 131 Å². The van der Waals surface area contributed by atoms with Crippen LogP contribution < -0.4 is 5.32 Å². The lowest BCUT2D eigenvalue weighted by Crippen LogP contribution is -2.30. The van der Waals surface area contributed by atoms with Crippen LogP contribution in [0.25, 0.3) is 0 Å². The van der Waals surface area contributed by atoms with Crippen molar-refractivity contribution in [1.29, 1.82) is 0 Å². The van der Waals surface area contributed by atoms with Crippen molar-refractivity contribution >= 4 is 11.6 Å². The van der Waals surface area contributed by atoms with Crippen molar-refractivity contribution in [2.24, 2.45) is 0 Å². The number of hydrogen-bond donors (Lipinski definition) is 1. The summed E-state index contributed by atoms with van der Waals surface area (Å²) in [5.74, 6) is -0.0533. The lowest BCUT2D eigenvalue weighted by Gasteiger charge is -2.24. The summed E-state index contributed by atoms with van der Waals surface area (Å²) in [6, 6.07) is 8.30. The number of nitrogens with zero attached hydrogens (tertiary/aromatic N) is 3. The van der Waals surface area contributed by atoms with Crippen molar-refractivity contribution in [1.82, 2.24) is 14.9 Å². The Hall–Kier alpha value is -2.27. The maximum absolute atomic E-state index is 11.0. The average molecular weight is 298 g/mol. The molecule has 0 aliphatic heterocycles. The van der Waals surface area contributed by atoms with Gasteiger partial charge in [0, 0.05) is 50.2 Å². The molecule has 2 rings (SSSR count). The number of amides is 1. The number of benzene rings is 1. The second-order valence-corrected chi connectivity index (χ2v) is 5.54. The number of hydrogen-bond acceptors (Lipinski definition) is 4. The minimum atomic E-state index is -0.0533. The van der Waals surface area contributed by atoms with Crippen LogP contribution in [0.15, 0.2) is 42.9 Å². The van der Waals surface area contributed by atoms with E-state index in [4.69, 9.17) is 0 Å². The summed E-state index contributed by atoms with van der Waals surface area (Å²) in [4.78, 5) is 21.7. The van der Waals surface area contributed by atoms with Gasteiger partial charge in [-0.05, 0) is 31.7 Å². The molecule has 1 aromatic heterocycles. The third-order valence-electron chi connectivity index (χ3n) is 3.58. The fourth-order valence-corrected chi connectivity index (χ4v) is 2.23. The number of nitrogens with one attached hydrogen (secondary N) is 1. The molecule has 2 aromatic rings. The van der Waals surface area contributed by atoms with E-state index in [0.717, 1.165) is 24.3 Å². The number of carbonyl (C=O) groups excluding carboxylic acids is 1. The highest BCUT2D eigenvalue weighted by atomic mass is 16.1. The third-order valence-corrected chi connectivity index (χ3v) is 3.58. The quantitative estimate of drug-likeness (QED) is 0.890. The van der Waals surface area contributed by atoms with Crippen LogP contribution in [0.1, 0.15) is 25.1 Å². The number of rotatable bonds is 6. The van der Waals surface area contributed by atoms with E-state index in [-0.39, 0.29) is 5.91 Å². The molecule has 0 aliphatic rings. The van der Waals surface area contributed by atoms with Crippen molar-refractivity contribution < 1.29 is 4.79 Å². The molecule has 5 heteroatoms. The van der Waals surface area contributed by atoms with Gasteiger partial charge in [0.25, 0.3) is 0 Å². The lowest BCUT2D eigenvalue weighted by atomic mass is 10.1. The van der Waals surface area contributed by atoms with Crippen LogP contribution in [0.3, 0.4) is 0 Å². The van der Waals surface area contributed by atoms with E-state index in [1.54, 1.807) is 12.4 Å². The maximum atomic E-state index is 11.0. The molecular weight excluding hydrogens is 276 g/mol. The Balaban J connectivity index is 1.90. The Morgan fingerprint density at radius 1 is 1.27 bits per heavy atom. The van der Waals surface area contributed by atoms with Gasteiger partial charge in [0.15, 0.2) is 0 Å². The minimum Gasteiger partial charge on any atom is -0.326 e. The van der Waals surface area contributed by atoms with Crippen LogP contribution in [0.5, 0.6) is 0 Å². The molecule has 1 unspecified atom stereocenters. The second kappa shape index (κ2) is 7.66. The van der Waals surface area contributed by atoms with Crippen LogP contribution in [0.2, 0.25) is 0 Å². The number of aromatic nitrogens is 2. The Kier molecular flexibility index (Phi) is 5.61. The highest BCUT2D eigenvalue weighted by Crippen LogP contribution is 2.13. The molecule has 0 spiro atoms. The monoisotopic (exact) mass is 298 g/mol. The summed E-state index contributed by atoms with van der Waals surface area (Å²) < 4.78 is 0. The van der Waals surface area contributed by atoms with Gasteiger partial charge in [0.2, 0.25) is 5.91 Å². The van der Waals surface area contributed by atoms with Gasteiger partial charge in [-0.2, -0.15) is 0 Å². The van der Waals surface area contributed by atoms with Crippen molar-refractivity contribution in [3.63, 3.8) is 0 Å². The SMILES string of the molecule is CC(=O)Nc1ccc(CN(C)C(C)Cc2cnccn2)cc1. The van der Waals surface area contributed by atoms with Gasteiger partial charge < -0.3 is 5.32 Å². The van der Waals surface area contributed by atoms with E-state index in [0.29, 0.717) is 6.04 Å². The fourth-order valence-electron chi connectivity index (χ4n) is 2.23. The molecule has 0 fully saturated rings. The lowest BCUT2D eigenvalue weighted by molar-refractivity contribution is -0.114. The zero-order chi connectivity index (χ0) is 15.9. The molecule has 1 aromatic carbocycles. The molecule has 0 aliphatic carbocycles. The fraction of sp³-hybridized carbons (Fsp3) is 0.353. The predicted molar refractivity (Wildman–Crippen MR) is 87.4 cm³/mol. The molecule has 0 saturated heterocycles. The molecule has 116 valence electrons. The van der Waals surface area contributed by atoms with Gasteiger partial charge in [0.05, 0.1) is 5.69 Å². The summed E-state index contributed by atoms with van der Waals surface area (Å²) in [6.45, 7) is 4.54. The van der Waals surface area contributed by atoms with Crippen LogP contribution in [0.4, 0.5) is 5.69 Å². The molecule has 1 heterocycles. The van der Waals surface area contributed by atoms with Gasteiger partial charge in [-0.3, -0.25) is 19.7 Å². The van der Waals surface area contributed by atoms with E-state index in [1.165, 1.54) is 12.5 Å². The van der Waals surface area contributed by atoms with E-state index in [2.05, 4.69) is 34.2 Å². The van der Waals surface area contributed by atoms with Crippen LogP contribution in [-0.2, 0) is 17.8 Å². The molecule has 1 N–H and O–H groups in total. The molecule has 0 radical (unpaired) electrons. The predicted octanol–water partition coefficient (Wildman–Crippen LogP) is 2.50. The third kappa shape index (κ3) is 4.93. The first-order valence-electron chi connectivity index (χ1n) is 7.36. The van der Waals surface area contributed by atoms with Gasteiger partial charge in [-0.25, -0.2) is 0 Å². The van der Waals surface area contributed by atoms with Crippen molar-refractivity contribution in [2.75, 3.05) is 12.4 Å². The average Bonchev–Trinajstić information content (AvgIpc) is 2.49. The van der Waals surface area contributed by atoms with Crippen molar-refractivity contribution in [2.45, 2.75) is 32.9 Å². The summed E-state index contributed by atoms with van der Waals surface area (Å²) in [5, 5.41) is 2.77. The zero-order valence-electron chi connectivity index (χ0n) is 13.3. The standard InChI is InChI=1S/C17H22N4O/c1-13(10-17-11-18-8-9-19-17)21(3)12-15-4-6-16(7-5-15)20-14(2)22/h4-9,11,13H,10,12H2,1-3H3,(H,20,22). The Bertz CT molecular complexity index is 598. The highest BCUT2D eigenvalue weighted by molar-refractivity contribution is 5.88. The van der Waals surface area contributed by atoms with Crippen LogP contribution in [0, 0.1) is 0 Å². The van der Waals surface area contributed by atoms with E-state index < -0.39 is 0 Å². The zero-order valence-corrected chi connectivity index (χ0v) is 13.3. The molecule has 1 atom stereocenters. The minimum absolute atomic E-state index is 0.0533. The first-order valence-corrected chi connectivity index (χ1v) is 7.36. The largest absolute Gasteiger partial charge is 0.326 e. The smallest absolute Gasteiger partial charge is 0.221 e. The Morgan fingerprint density at radius 3 is 2.59 bits per heavy atom. The number of carbonyl (C=O) groups is 1. The molecule has 1 amide bonds. The normalized spacial score (nSPS) is 12.2. The summed E-state index contributed by atoms with van der Waals surface area (Å²) >= 11 is 0. The van der Waals surface area contributed by atoms with Crippen molar-refractivity contribution in [3.8, 4) is 0 Å². The summed E-state index contributed by atoms with van der Waals surface area (Å²) in [7, 11) is 2.10. The van der Waals surface area contributed by atoms with Gasteiger partial charge in [-0.1, -0.05) is 12.1 Å². The molecule has 5 nitrogen and oxygen atoms in total. The van der Waals surface area contributed by atoms with Crippen LogP contribution in [-0.4, -0.2) is 33.9 Å².